The molecule has 2 atom stereocenters. The van der Waals surface area contributed by atoms with Crippen molar-refractivity contribution in [1.29, 1.82) is 0 Å². The number of ether oxygens (including phenoxy) is 3. The number of hydrogen-bond donors (Lipinski definition) is 1. The van der Waals surface area contributed by atoms with E-state index < -0.39 is 18.2 Å². The van der Waals surface area contributed by atoms with Gasteiger partial charge in [-0.3, -0.25) is 4.79 Å². The molecular formula is C13H15NO5. The van der Waals surface area contributed by atoms with Crippen LogP contribution in [0.25, 0.3) is 0 Å². The number of esters is 1. The van der Waals surface area contributed by atoms with Crippen LogP contribution in [0, 0.1) is 0 Å². The van der Waals surface area contributed by atoms with Crippen LogP contribution in [0.1, 0.15) is 5.56 Å². The number of hydrogen-bond acceptors (Lipinski definition) is 5. The molecule has 1 N–H and O–H groups in total. The van der Waals surface area contributed by atoms with Crippen molar-refractivity contribution >= 4 is 11.9 Å². The first kappa shape index (κ1) is 13.4. The van der Waals surface area contributed by atoms with Crippen LogP contribution < -0.4 is 10.1 Å². The molecule has 1 aromatic carbocycles. The van der Waals surface area contributed by atoms with Gasteiger partial charge in [0.25, 0.3) is 5.91 Å². The summed E-state index contributed by atoms with van der Waals surface area (Å²) in [6.45, 7) is 0.372. The first-order valence-corrected chi connectivity index (χ1v) is 5.79. The average molecular weight is 265 g/mol. The minimum Gasteiger partial charge on any atom is -0.497 e. The molecular weight excluding hydrogens is 250 g/mol. The summed E-state index contributed by atoms with van der Waals surface area (Å²) in [7, 11) is 2.85. The fourth-order valence-corrected chi connectivity index (χ4v) is 1.64. The van der Waals surface area contributed by atoms with Gasteiger partial charge in [0.05, 0.1) is 14.2 Å². The summed E-state index contributed by atoms with van der Waals surface area (Å²) in [4.78, 5) is 22.8. The molecule has 6 nitrogen and oxygen atoms in total. The van der Waals surface area contributed by atoms with Crippen LogP contribution in [0.3, 0.4) is 0 Å². The summed E-state index contributed by atoms with van der Waals surface area (Å²) in [5.41, 5.74) is 0.935. The first-order chi connectivity index (χ1) is 9.15. The summed E-state index contributed by atoms with van der Waals surface area (Å²) in [6, 6.07) is 7.33. The zero-order valence-corrected chi connectivity index (χ0v) is 10.7. The van der Waals surface area contributed by atoms with E-state index in [1.54, 1.807) is 7.11 Å². The van der Waals surface area contributed by atoms with Gasteiger partial charge in [-0.2, -0.15) is 0 Å². The van der Waals surface area contributed by atoms with Crippen molar-refractivity contribution in [2.75, 3.05) is 14.2 Å². The van der Waals surface area contributed by atoms with Gasteiger partial charge in [-0.1, -0.05) is 12.1 Å². The van der Waals surface area contributed by atoms with Crippen LogP contribution in [-0.2, 0) is 25.6 Å². The molecule has 102 valence electrons. The molecule has 2 rings (SSSR count). The quantitative estimate of drug-likeness (QED) is 0.610. The predicted molar refractivity (Wildman–Crippen MR) is 65.5 cm³/mol. The lowest BCUT2D eigenvalue weighted by molar-refractivity contribution is -0.142. The number of amides is 1. The lowest BCUT2D eigenvalue weighted by Gasteiger charge is -2.04. The van der Waals surface area contributed by atoms with Gasteiger partial charge in [0.2, 0.25) is 0 Å². The maximum Gasteiger partial charge on any atom is 0.338 e. The van der Waals surface area contributed by atoms with Gasteiger partial charge in [0.15, 0.2) is 12.2 Å². The molecule has 0 bridgehead atoms. The van der Waals surface area contributed by atoms with Crippen molar-refractivity contribution in [2.24, 2.45) is 0 Å². The molecule has 1 heterocycles. The van der Waals surface area contributed by atoms with Crippen LogP contribution >= 0.6 is 0 Å². The predicted octanol–water partition coefficient (Wildman–Crippen LogP) is 0.252. The molecule has 0 radical (unpaired) electrons. The van der Waals surface area contributed by atoms with Crippen LogP contribution in [0.5, 0.6) is 5.75 Å². The highest BCUT2D eigenvalue weighted by Crippen LogP contribution is 2.23. The number of methoxy groups -OCH3 is 2. The average Bonchev–Trinajstić information content (AvgIpc) is 3.25. The largest absolute Gasteiger partial charge is 0.497 e. The molecule has 0 aliphatic carbocycles. The van der Waals surface area contributed by atoms with Crippen LogP contribution in [0.4, 0.5) is 0 Å². The van der Waals surface area contributed by atoms with E-state index in [0.717, 1.165) is 11.3 Å². The van der Waals surface area contributed by atoms with E-state index in [2.05, 4.69) is 10.1 Å². The van der Waals surface area contributed by atoms with Crippen LogP contribution in [0.15, 0.2) is 24.3 Å². The zero-order valence-electron chi connectivity index (χ0n) is 10.7. The maximum absolute atomic E-state index is 11.7. The molecule has 0 unspecified atom stereocenters. The number of carbonyl (C=O) groups is 2. The molecule has 1 aliphatic rings. The number of rotatable bonds is 5. The SMILES string of the molecule is COC(=O)[C@@H]1O[C@@H]1C(=O)NCc1ccc(OC)cc1. The lowest BCUT2D eigenvalue weighted by Crippen LogP contribution is -2.30. The molecule has 1 aliphatic heterocycles. The standard InChI is InChI=1S/C13H15NO5/c1-17-9-5-3-8(4-6-9)7-14-12(15)10-11(19-10)13(16)18-2/h3-6,10-11H,7H2,1-2H3,(H,14,15)/t10-,11+/m0/s1. The first-order valence-electron chi connectivity index (χ1n) is 5.79. The summed E-state index contributed by atoms with van der Waals surface area (Å²) < 4.78 is 14.5. The Bertz CT molecular complexity index is 470. The molecule has 6 heteroatoms. The third kappa shape index (κ3) is 3.23. The summed E-state index contributed by atoms with van der Waals surface area (Å²) in [5.74, 6) is -0.0813. The Labute approximate surface area is 110 Å². The highest BCUT2D eigenvalue weighted by molar-refractivity contribution is 5.92. The Balaban J connectivity index is 1.79. The summed E-state index contributed by atoms with van der Waals surface area (Å²) in [5, 5.41) is 2.69. The minimum atomic E-state index is -0.763. The Morgan fingerprint density at radius 2 is 1.89 bits per heavy atom. The Morgan fingerprint density at radius 1 is 1.21 bits per heavy atom. The minimum absolute atomic E-state index is 0.314. The van der Waals surface area contributed by atoms with E-state index in [-0.39, 0.29) is 5.91 Å². The molecule has 0 saturated carbocycles. The van der Waals surface area contributed by atoms with Gasteiger partial charge in [-0.15, -0.1) is 0 Å². The maximum atomic E-state index is 11.7. The van der Waals surface area contributed by atoms with Gasteiger partial charge in [0, 0.05) is 6.54 Å². The summed E-state index contributed by atoms with van der Waals surface area (Å²) >= 11 is 0. The van der Waals surface area contributed by atoms with Crippen molar-refractivity contribution in [3.05, 3.63) is 29.8 Å². The van der Waals surface area contributed by atoms with Crippen molar-refractivity contribution in [3.63, 3.8) is 0 Å². The van der Waals surface area contributed by atoms with Gasteiger partial charge in [-0.05, 0) is 17.7 Å². The van der Waals surface area contributed by atoms with Crippen molar-refractivity contribution in [1.82, 2.24) is 5.32 Å². The van der Waals surface area contributed by atoms with Crippen LogP contribution in [-0.4, -0.2) is 38.3 Å². The lowest BCUT2D eigenvalue weighted by atomic mass is 10.2. The van der Waals surface area contributed by atoms with Gasteiger partial charge < -0.3 is 19.5 Å². The second-order valence-corrected chi connectivity index (χ2v) is 4.07. The van der Waals surface area contributed by atoms with E-state index in [0.29, 0.717) is 6.54 Å². The van der Waals surface area contributed by atoms with Gasteiger partial charge in [-0.25, -0.2) is 4.79 Å². The molecule has 1 fully saturated rings. The molecule has 1 saturated heterocycles. The zero-order chi connectivity index (χ0) is 13.8. The third-order valence-electron chi connectivity index (χ3n) is 2.81. The highest BCUT2D eigenvalue weighted by Gasteiger charge is 2.51. The second kappa shape index (κ2) is 5.71. The third-order valence-corrected chi connectivity index (χ3v) is 2.81. The fraction of sp³-hybridized carbons (Fsp3) is 0.385. The number of nitrogens with one attached hydrogen (secondary N) is 1. The second-order valence-electron chi connectivity index (χ2n) is 4.07. The summed E-state index contributed by atoms with van der Waals surface area (Å²) in [6.07, 6.45) is -1.49. The normalized spacial score (nSPS) is 20.5. The van der Waals surface area contributed by atoms with Crippen LogP contribution in [0.2, 0.25) is 0 Å². The van der Waals surface area contributed by atoms with Crippen molar-refractivity contribution in [2.45, 2.75) is 18.8 Å². The number of epoxide rings is 1. The van der Waals surface area contributed by atoms with E-state index in [1.165, 1.54) is 7.11 Å². The number of carbonyl (C=O) groups excluding carboxylic acids is 2. The Kier molecular flexibility index (Phi) is 4.01. The molecule has 0 spiro atoms. The Hall–Kier alpha value is -2.08. The van der Waals surface area contributed by atoms with E-state index in [9.17, 15) is 9.59 Å². The Morgan fingerprint density at radius 3 is 2.47 bits per heavy atom. The van der Waals surface area contributed by atoms with Crippen molar-refractivity contribution in [3.8, 4) is 5.75 Å². The molecule has 19 heavy (non-hydrogen) atoms. The van der Waals surface area contributed by atoms with Gasteiger partial charge >= 0.3 is 5.97 Å². The molecule has 1 aromatic rings. The number of benzene rings is 1. The van der Waals surface area contributed by atoms with E-state index in [4.69, 9.17) is 9.47 Å². The van der Waals surface area contributed by atoms with Crippen molar-refractivity contribution < 1.29 is 23.8 Å². The molecule has 0 aromatic heterocycles. The molecule has 1 amide bonds. The topological polar surface area (TPSA) is 77.2 Å². The van der Waals surface area contributed by atoms with Gasteiger partial charge in [0.1, 0.15) is 5.75 Å². The fourth-order valence-electron chi connectivity index (χ4n) is 1.64. The highest BCUT2D eigenvalue weighted by atomic mass is 16.6. The van der Waals surface area contributed by atoms with E-state index >= 15 is 0 Å². The van der Waals surface area contributed by atoms with E-state index in [1.807, 2.05) is 24.3 Å². The monoisotopic (exact) mass is 265 g/mol. The smallest absolute Gasteiger partial charge is 0.338 e.